The Kier molecular flexibility index (Phi) is 4.81. The highest BCUT2D eigenvalue weighted by Gasteiger charge is 2.32. The Hall–Kier alpha value is -3.53. The van der Waals surface area contributed by atoms with Gasteiger partial charge in [0.25, 0.3) is 0 Å². The summed E-state index contributed by atoms with van der Waals surface area (Å²) in [6, 6.07) is 4.65. The van der Waals surface area contributed by atoms with Crippen molar-refractivity contribution in [2.45, 2.75) is 44.2 Å². The van der Waals surface area contributed by atoms with E-state index in [1.165, 1.54) is 12.1 Å². The number of rotatable bonds is 3. The number of aryl methyl sites for hydroxylation is 1. The number of aromatic amines is 1. The van der Waals surface area contributed by atoms with Gasteiger partial charge >= 0.3 is 6.09 Å². The molecule has 10 heteroatoms. The van der Waals surface area contributed by atoms with Crippen LogP contribution >= 0.6 is 0 Å². The van der Waals surface area contributed by atoms with Gasteiger partial charge in [-0.05, 0) is 50.8 Å². The first-order valence-corrected chi connectivity index (χ1v) is 10.5. The fraction of sp³-hybridized carbons (Fsp3) is 0.364. The molecular weight excluding hydrogens is 413 g/mol. The Bertz CT molecular complexity index is 1320. The Morgan fingerprint density at radius 3 is 2.94 bits per heavy atom. The number of aromatic nitrogens is 5. The number of ether oxygens (including phenoxy) is 1. The van der Waals surface area contributed by atoms with E-state index < -0.39 is 6.09 Å². The molecule has 4 N–H and O–H groups in total. The number of hydrogen-bond acceptors (Lipinski definition) is 6. The second-order valence-electron chi connectivity index (χ2n) is 8.65. The number of amides is 1. The molecule has 32 heavy (non-hydrogen) atoms. The standard InChI is InChI=1S/C22H24FN7O2/c1-22(7-5-13(24)6-8-22)28-21(31)32-17-11-26-20-19(17)27-15(10-25-20)18-14-4-3-12(23)9-16(14)30(2)29-18/h3-4,9-11,13H,5-8,24H2,1-2H3,(H,25,26)(H,28,31). The minimum atomic E-state index is -0.546. The lowest BCUT2D eigenvalue weighted by Gasteiger charge is -2.36. The molecule has 166 valence electrons. The van der Waals surface area contributed by atoms with Crippen LogP contribution < -0.4 is 15.8 Å². The van der Waals surface area contributed by atoms with Gasteiger partial charge in [0.1, 0.15) is 17.2 Å². The van der Waals surface area contributed by atoms with Crippen LogP contribution in [0.1, 0.15) is 32.6 Å². The SMILES string of the molecule is Cn1nc(-c2cnc3[nH]cc(OC(=O)NC4(C)CCC(N)CC4)c3n2)c2ccc(F)cc21. The minimum absolute atomic E-state index is 0.183. The lowest BCUT2D eigenvalue weighted by Crippen LogP contribution is -2.50. The number of halogens is 1. The molecule has 3 aromatic heterocycles. The third-order valence-corrected chi connectivity index (χ3v) is 6.14. The number of fused-ring (bicyclic) bond motifs is 2. The van der Waals surface area contributed by atoms with Crippen molar-refractivity contribution >= 4 is 28.2 Å². The van der Waals surface area contributed by atoms with E-state index in [1.54, 1.807) is 30.2 Å². The molecule has 1 fully saturated rings. The fourth-order valence-electron chi connectivity index (χ4n) is 4.25. The third kappa shape index (κ3) is 3.66. The van der Waals surface area contributed by atoms with Gasteiger partial charge in [0, 0.05) is 30.2 Å². The average Bonchev–Trinajstić information content (AvgIpc) is 3.30. The maximum atomic E-state index is 13.6. The Morgan fingerprint density at radius 1 is 1.38 bits per heavy atom. The topological polar surface area (TPSA) is 124 Å². The normalized spacial score (nSPS) is 21.2. The van der Waals surface area contributed by atoms with Crippen LogP contribution in [0.3, 0.4) is 0 Å². The zero-order valence-corrected chi connectivity index (χ0v) is 17.9. The van der Waals surface area contributed by atoms with Gasteiger partial charge in [0.15, 0.2) is 16.9 Å². The van der Waals surface area contributed by atoms with Gasteiger partial charge in [-0.15, -0.1) is 0 Å². The molecule has 0 aliphatic heterocycles. The number of H-pyrrole nitrogens is 1. The molecule has 3 heterocycles. The summed E-state index contributed by atoms with van der Waals surface area (Å²) in [5, 5.41) is 8.20. The first-order chi connectivity index (χ1) is 15.3. The van der Waals surface area contributed by atoms with E-state index in [9.17, 15) is 9.18 Å². The van der Waals surface area contributed by atoms with E-state index in [0.717, 1.165) is 31.1 Å². The summed E-state index contributed by atoms with van der Waals surface area (Å²) >= 11 is 0. The van der Waals surface area contributed by atoms with Crippen LogP contribution in [0.5, 0.6) is 5.75 Å². The first kappa shape index (κ1) is 20.4. The molecule has 9 nitrogen and oxygen atoms in total. The molecule has 0 radical (unpaired) electrons. The van der Waals surface area contributed by atoms with Gasteiger partial charge < -0.3 is 20.8 Å². The van der Waals surface area contributed by atoms with Gasteiger partial charge in [-0.3, -0.25) is 4.68 Å². The van der Waals surface area contributed by atoms with Crippen molar-refractivity contribution in [3.05, 3.63) is 36.4 Å². The van der Waals surface area contributed by atoms with Crippen LogP contribution in [0.25, 0.3) is 33.5 Å². The second kappa shape index (κ2) is 7.56. The van der Waals surface area contributed by atoms with E-state index >= 15 is 0 Å². The highest BCUT2D eigenvalue weighted by Crippen LogP contribution is 2.31. The van der Waals surface area contributed by atoms with Crippen LogP contribution in [0, 0.1) is 5.82 Å². The van der Waals surface area contributed by atoms with Crippen molar-refractivity contribution in [1.82, 2.24) is 30.0 Å². The largest absolute Gasteiger partial charge is 0.413 e. The molecule has 1 aliphatic carbocycles. The first-order valence-electron chi connectivity index (χ1n) is 10.5. The molecule has 4 aromatic rings. The number of carbonyl (C=O) groups is 1. The molecule has 1 saturated carbocycles. The zero-order chi connectivity index (χ0) is 22.5. The Balaban J connectivity index is 1.43. The lowest BCUT2D eigenvalue weighted by molar-refractivity contribution is 0.171. The third-order valence-electron chi connectivity index (χ3n) is 6.14. The van der Waals surface area contributed by atoms with Crippen LogP contribution in [-0.2, 0) is 7.05 Å². The quantitative estimate of drug-likeness (QED) is 0.451. The van der Waals surface area contributed by atoms with Crippen LogP contribution in [0.2, 0.25) is 0 Å². The number of hydrogen-bond donors (Lipinski definition) is 3. The van der Waals surface area contributed by atoms with E-state index in [-0.39, 0.29) is 23.1 Å². The number of nitrogens with zero attached hydrogens (tertiary/aromatic N) is 4. The van der Waals surface area contributed by atoms with Gasteiger partial charge in [-0.2, -0.15) is 5.10 Å². The molecule has 0 spiro atoms. The number of benzene rings is 1. The summed E-state index contributed by atoms with van der Waals surface area (Å²) < 4.78 is 20.8. The summed E-state index contributed by atoms with van der Waals surface area (Å²) in [4.78, 5) is 24.6. The van der Waals surface area contributed by atoms with Crippen molar-refractivity contribution in [1.29, 1.82) is 0 Å². The minimum Gasteiger partial charge on any atom is -0.406 e. The predicted molar refractivity (Wildman–Crippen MR) is 118 cm³/mol. The summed E-state index contributed by atoms with van der Waals surface area (Å²) in [6.07, 6.45) is 5.92. The second-order valence-corrected chi connectivity index (χ2v) is 8.65. The maximum Gasteiger partial charge on any atom is 0.413 e. The van der Waals surface area contributed by atoms with Crippen molar-refractivity contribution in [3.8, 4) is 17.1 Å². The number of nitrogens with two attached hydrogens (primary N) is 1. The van der Waals surface area contributed by atoms with Gasteiger partial charge in [-0.25, -0.2) is 19.2 Å². The molecule has 1 amide bonds. The van der Waals surface area contributed by atoms with E-state index in [2.05, 4.69) is 25.4 Å². The predicted octanol–water partition coefficient (Wildman–Crippen LogP) is 3.40. The van der Waals surface area contributed by atoms with Crippen molar-refractivity contribution < 1.29 is 13.9 Å². The molecule has 1 aliphatic rings. The molecule has 5 rings (SSSR count). The Labute approximate surface area is 183 Å². The summed E-state index contributed by atoms with van der Waals surface area (Å²) in [5.74, 6) is -0.0659. The van der Waals surface area contributed by atoms with Crippen molar-refractivity contribution in [2.75, 3.05) is 0 Å². The summed E-state index contributed by atoms with van der Waals surface area (Å²) in [7, 11) is 1.74. The number of carbonyl (C=O) groups excluding carboxylic acids is 1. The monoisotopic (exact) mass is 437 g/mol. The molecule has 1 aromatic carbocycles. The van der Waals surface area contributed by atoms with Crippen LogP contribution in [0.4, 0.5) is 9.18 Å². The summed E-state index contributed by atoms with van der Waals surface area (Å²) in [6.45, 7) is 2.00. The fourth-order valence-corrected chi connectivity index (χ4v) is 4.25. The van der Waals surface area contributed by atoms with Crippen LogP contribution in [0.15, 0.2) is 30.6 Å². The van der Waals surface area contributed by atoms with E-state index in [4.69, 9.17) is 10.5 Å². The molecule has 0 unspecified atom stereocenters. The molecule has 0 atom stereocenters. The zero-order valence-electron chi connectivity index (χ0n) is 17.9. The molecule has 0 saturated heterocycles. The Morgan fingerprint density at radius 2 is 2.16 bits per heavy atom. The highest BCUT2D eigenvalue weighted by atomic mass is 19.1. The van der Waals surface area contributed by atoms with Crippen molar-refractivity contribution in [3.63, 3.8) is 0 Å². The van der Waals surface area contributed by atoms with E-state index in [0.29, 0.717) is 28.1 Å². The van der Waals surface area contributed by atoms with Gasteiger partial charge in [0.2, 0.25) is 0 Å². The highest BCUT2D eigenvalue weighted by molar-refractivity contribution is 5.93. The smallest absolute Gasteiger partial charge is 0.406 e. The summed E-state index contributed by atoms with van der Waals surface area (Å²) in [5.41, 5.74) is 8.23. The number of nitrogens with one attached hydrogen (secondary N) is 2. The van der Waals surface area contributed by atoms with Gasteiger partial charge in [0.05, 0.1) is 11.7 Å². The lowest BCUT2D eigenvalue weighted by atomic mass is 9.81. The molecule has 0 bridgehead atoms. The van der Waals surface area contributed by atoms with Crippen LogP contribution in [-0.4, -0.2) is 42.4 Å². The maximum absolute atomic E-state index is 13.6. The van der Waals surface area contributed by atoms with Crippen molar-refractivity contribution in [2.24, 2.45) is 12.8 Å². The molecular formula is C22H24FN7O2. The van der Waals surface area contributed by atoms with E-state index in [1.807, 2.05) is 6.92 Å². The average molecular weight is 437 g/mol. The van der Waals surface area contributed by atoms with Gasteiger partial charge in [-0.1, -0.05) is 0 Å².